The summed E-state index contributed by atoms with van der Waals surface area (Å²) in [6.45, 7) is 2.29. The SMILES string of the molecule is CCOc1ccc(S(=O)(=O)Nc2ccc(C(=O)NNC(=O)c3ccc(F)cc3Cl)cc2)cc1. The number of anilines is 1. The molecule has 0 saturated heterocycles. The van der Waals surface area contributed by atoms with E-state index in [0.29, 0.717) is 12.4 Å². The molecule has 2 amide bonds. The zero-order valence-electron chi connectivity index (χ0n) is 17.3. The van der Waals surface area contributed by atoms with Crippen LogP contribution in [-0.2, 0) is 10.0 Å². The molecule has 3 N–H and O–H groups in total. The smallest absolute Gasteiger partial charge is 0.271 e. The van der Waals surface area contributed by atoms with Gasteiger partial charge in [-0.2, -0.15) is 0 Å². The van der Waals surface area contributed by atoms with Crippen molar-refractivity contribution in [2.24, 2.45) is 0 Å². The molecule has 0 aromatic heterocycles. The molecule has 11 heteroatoms. The highest BCUT2D eigenvalue weighted by Gasteiger charge is 2.16. The Morgan fingerprint density at radius 3 is 2.18 bits per heavy atom. The van der Waals surface area contributed by atoms with Gasteiger partial charge in [0, 0.05) is 11.3 Å². The third kappa shape index (κ3) is 6.21. The Hall–Kier alpha value is -3.63. The highest BCUT2D eigenvalue weighted by atomic mass is 35.5. The lowest BCUT2D eigenvalue weighted by atomic mass is 10.2. The van der Waals surface area contributed by atoms with Crippen molar-refractivity contribution in [2.75, 3.05) is 11.3 Å². The van der Waals surface area contributed by atoms with Crippen molar-refractivity contribution in [3.8, 4) is 5.75 Å². The molecule has 3 aromatic rings. The lowest BCUT2D eigenvalue weighted by Crippen LogP contribution is -2.41. The predicted octanol–water partition coefficient (Wildman–Crippen LogP) is 3.75. The van der Waals surface area contributed by atoms with Crippen LogP contribution in [0.25, 0.3) is 0 Å². The zero-order chi connectivity index (χ0) is 24.0. The number of benzene rings is 3. The lowest BCUT2D eigenvalue weighted by Gasteiger charge is -2.11. The molecule has 3 rings (SSSR count). The molecule has 0 fully saturated rings. The number of halogens is 2. The fourth-order valence-corrected chi connectivity index (χ4v) is 4.02. The van der Waals surface area contributed by atoms with Gasteiger partial charge in [-0.25, -0.2) is 12.8 Å². The summed E-state index contributed by atoms with van der Waals surface area (Å²) >= 11 is 5.82. The van der Waals surface area contributed by atoms with E-state index in [0.717, 1.165) is 12.1 Å². The van der Waals surface area contributed by atoms with Gasteiger partial charge in [0.1, 0.15) is 11.6 Å². The molecule has 0 saturated carbocycles. The Morgan fingerprint density at radius 1 is 0.939 bits per heavy atom. The molecule has 0 aliphatic heterocycles. The Bertz CT molecular complexity index is 1270. The Balaban J connectivity index is 1.60. The first-order valence-electron chi connectivity index (χ1n) is 9.61. The number of amides is 2. The van der Waals surface area contributed by atoms with E-state index in [1.807, 2.05) is 6.92 Å². The van der Waals surface area contributed by atoms with Gasteiger partial charge >= 0.3 is 0 Å². The van der Waals surface area contributed by atoms with Crippen LogP contribution in [0.15, 0.2) is 71.6 Å². The van der Waals surface area contributed by atoms with Crippen LogP contribution in [0.3, 0.4) is 0 Å². The molecular formula is C22H19ClFN3O5S. The van der Waals surface area contributed by atoms with Crippen LogP contribution < -0.4 is 20.3 Å². The van der Waals surface area contributed by atoms with E-state index in [2.05, 4.69) is 15.6 Å². The van der Waals surface area contributed by atoms with Gasteiger partial charge in [0.2, 0.25) is 0 Å². The second-order valence-corrected chi connectivity index (χ2v) is 8.71. The van der Waals surface area contributed by atoms with E-state index in [1.165, 1.54) is 42.5 Å². The van der Waals surface area contributed by atoms with Crippen LogP contribution in [0.4, 0.5) is 10.1 Å². The van der Waals surface area contributed by atoms with Crippen molar-refractivity contribution in [1.29, 1.82) is 0 Å². The van der Waals surface area contributed by atoms with Gasteiger partial charge in [-0.1, -0.05) is 11.6 Å². The van der Waals surface area contributed by atoms with E-state index in [4.69, 9.17) is 16.3 Å². The normalized spacial score (nSPS) is 10.9. The van der Waals surface area contributed by atoms with Crippen molar-refractivity contribution in [3.63, 3.8) is 0 Å². The summed E-state index contributed by atoms with van der Waals surface area (Å²) in [5, 5.41) is -0.106. The van der Waals surface area contributed by atoms with Crippen LogP contribution in [0.5, 0.6) is 5.75 Å². The average Bonchev–Trinajstić information content (AvgIpc) is 2.78. The number of hydrazine groups is 1. The van der Waals surface area contributed by atoms with Gasteiger partial charge in [0.25, 0.3) is 21.8 Å². The fraction of sp³-hybridized carbons (Fsp3) is 0.0909. The van der Waals surface area contributed by atoms with Crippen molar-refractivity contribution in [1.82, 2.24) is 10.9 Å². The molecule has 0 heterocycles. The second-order valence-electron chi connectivity index (χ2n) is 6.62. The number of carbonyl (C=O) groups is 2. The molecule has 3 aromatic carbocycles. The predicted molar refractivity (Wildman–Crippen MR) is 121 cm³/mol. The summed E-state index contributed by atoms with van der Waals surface area (Å²) in [4.78, 5) is 24.4. The molecule has 8 nitrogen and oxygen atoms in total. The van der Waals surface area contributed by atoms with Crippen LogP contribution in [0.2, 0.25) is 5.02 Å². The first-order chi connectivity index (χ1) is 15.7. The fourth-order valence-electron chi connectivity index (χ4n) is 2.71. The summed E-state index contributed by atoms with van der Waals surface area (Å²) in [5.74, 6) is -1.42. The number of hydrogen-bond donors (Lipinski definition) is 3. The van der Waals surface area contributed by atoms with E-state index < -0.39 is 27.7 Å². The van der Waals surface area contributed by atoms with Gasteiger partial charge in [0.15, 0.2) is 0 Å². The van der Waals surface area contributed by atoms with Gasteiger partial charge < -0.3 is 4.74 Å². The first kappa shape index (κ1) is 24.0. The molecule has 33 heavy (non-hydrogen) atoms. The standard InChI is InChI=1S/C22H19ClFN3O5S/c1-2-32-17-8-10-18(11-9-17)33(30,31)27-16-6-3-14(4-7-16)21(28)25-26-22(29)19-12-5-15(24)13-20(19)23/h3-13,27H,2H2,1H3,(H,25,28)(H,26,29). The minimum atomic E-state index is -3.84. The van der Waals surface area contributed by atoms with E-state index in [-0.39, 0.29) is 26.7 Å². The lowest BCUT2D eigenvalue weighted by molar-refractivity contribution is 0.0846. The van der Waals surface area contributed by atoms with Gasteiger partial charge in [0.05, 0.1) is 22.1 Å². The number of ether oxygens (including phenoxy) is 1. The van der Waals surface area contributed by atoms with Crippen molar-refractivity contribution < 1.29 is 27.1 Å². The number of carbonyl (C=O) groups excluding carboxylic acids is 2. The highest BCUT2D eigenvalue weighted by Crippen LogP contribution is 2.20. The molecular weight excluding hydrogens is 473 g/mol. The summed E-state index contributed by atoms with van der Waals surface area (Å²) in [5.41, 5.74) is 4.76. The maximum Gasteiger partial charge on any atom is 0.271 e. The second kappa shape index (κ2) is 10.3. The average molecular weight is 492 g/mol. The summed E-state index contributed by atoms with van der Waals surface area (Å²) < 4.78 is 45.9. The molecule has 0 aliphatic rings. The molecule has 0 atom stereocenters. The summed E-state index contributed by atoms with van der Waals surface area (Å²) in [7, 11) is -3.84. The Morgan fingerprint density at radius 2 is 1.58 bits per heavy atom. The minimum absolute atomic E-state index is 0.0163. The van der Waals surface area contributed by atoms with Crippen LogP contribution in [0.1, 0.15) is 27.6 Å². The van der Waals surface area contributed by atoms with Gasteiger partial charge in [-0.05, 0) is 73.7 Å². The Kier molecular flexibility index (Phi) is 7.52. The molecule has 0 unspecified atom stereocenters. The minimum Gasteiger partial charge on any atom is -0.494 e. The number of rotatable bonds is 7. The molecule has 0 radical (unpaired) electrons. The number of hydrogen-bond acceptors (Lipinski definition) is 5. The van der Waals surface area contributed by atoms with E-state index in [9.17, 15) is 22.4 Å². The largest absolute Gasteiger partial charge is 0.494 e. The van der Waals surface area contributed by atoms with Crippen molar-refractivity contribution in [2.45, 2.75) is 11.8 Å². The van der Waals surface area contributed by atoms with Crippen molar-refractivity contribution >= 4 is 39.1 Å². The maximum absolute atomic E-state index is 13.1. The highest BCUT2D eigenvalue weighted by molar-refractivity contribution is 7.92. The summed E-state index contributed by atoms with van der Waals surface area (Å²) in [6.07, 6.45) is 0. The monoisotopic (exact) mass is 491 g/mol. The van der Waals surface area contributed by atoms with Gasteiger partial charge in [-0.3, -0.25) is 25.2 Å². The molecule has 0 spiro atoms. The van der Waals surface area contributed by atoms with Crippen molar-refractivity contribution in [3.05, 3.63) is 88.7 Å². The van der Waals surface area contributed by atoms with Gasteiger partial charge in [-0.15, -0.1) is 0 Å². The summed E-state index contributed by atoms with van der Waals surface area (Å²) in [6, 6.07) is 14.7. The third-order valence-corrected chi connectivity index (χ3v) is 6.02. The van der Waals surface area contributed by atoms with Crippen LogP contribution in [0, 0.1) is 5.82 Å². The molecule has 172 valence electrons. The maximum atomic E-state index is 13.1. The molecule has 0 bridgehead atoms. The zero-order valence-corrected chi connectivity index (χ0v) is 18.8. The quantitative estimate of drug-likeness (QED) is 0.435. The number of nitrogens with one attached hydrogen (secondary N) is 3. The van der Waals surface area contributed by atoms with E-state index >= 15 is 0 Å². The number of sulfonamides is 1. The molecule has 0 aliphatic carbocycles. The van der Waals surface area contributed by atoms with Crippen LogP contribution in [-0.4, -0.2) is 26.8 Å². The first-order valence-corrected chi connectivity index (χ1v) is 11.5. The van der Waals surface area contributed by atoms with E-state index in [1.54, 1.807) is 12.1 Å². The topological polar surface area (TPSA) is 114 Å². The third-order valence-electron chi connectivity index (χ3n) is 4.31. The van der Waals surface area contributed by atoms with Crippen LogP contribution >= 0.6 is 11.6 Å². The Labute approximate surface area is 194 Å².